The first-order valence-corrected chi connectivity index (χ1v) is 12.8. The molecule has 170 valence electrons. The van der Waals surface area contributed by atoms with Crippen molar-refractivity contribution in [2.45, 2.75) is 45.4 Å². The molecule has 0 N–H and O–H groups in total. The van der Waals surface area contributed by atoms with E-state index < -0.39 is 10.0 Å². The van der Waals surface area contributed by atoms with Crippen molar-refractivity contribution in [2.75, 3.05) is 43.7 Å². The molecule has 0 atom stereocenters. The van der Waals surface area contributed by atoms with Gasteiger partial charge in [-0.1, -0.05) is 39.0 Å². The van der Waals surface area contributed by atoms with Gasteiger partial charge in [0, 0.05) is 26.2 Å². The minimum Gasteiger partial charge on any atom is -0.379 e. The molecule has 0 aliphatic carbocycles. The lowest BCUT2D eigenvalue weighted by molar-refractivity contribution is 0.0384. The number of ether oxygens (including phenoxy) is 1. The highest BCUT2D eigenvalue weighted by Crippen LogP contribution is 2.27. The standard InChI is InChI=1S/C25H36N2O3S/c1-5-22-6-9-24(10-7-22)27(19-20(2)3)31(28,29)25-11-8-23(21(4)18-25)12-13-26-14-16-30-17-15-26/h6-11,18,20H,5,12-17,19H2,1-4H3. The molecule has 1 heterocycles. The fourth-order valence-corrected chi connectivity index (χ4v) is 5.63. The van der Waals surface area contributed by atoms with Crippen LogP contribution in [0.5, 0.6) is 0 Å². The third kappa shape index (κ3) is 6.09. The lowest BCUT2D eigenvalue weighted by Gasteiger charge is -2.27. The second-order valence-corrected chi connectivity index (χ2v) is 10.6. The average Bonchev–Trinajstić information content (AvgIpc) is 2.77. The van der Waals surface area contributed by atoms with Crippen molar-refractivity contribution in [1.82, 2.24) is 4.90 Å². The SMILES string of the molecule is CCc1ccc(N(CC(C)C)S(=O)(=O)c2ccc(CCN3CCOCC3)c(C)c2)cc1. The maximum atomic E-state index is 13.6. The van der Waals surface area contributed by atoms with Crippen LogP contribution in [0.3, 0.4) is 0 Å². The maximum absolute atomic E-state index is 13.6. The van der Waals surface area contributed by atoms with Crippen molar-refractivity contribution < 1.29 is 13.2 Å². The number of aryl methyl sites for hydroxylation is 2. The van der Waals surface area contributed by atoms with Gasteiger partial charge in [0.15, 0.2) is 0 Å². The average molecular weight is 445 g/mol. The summed E-state index contributed by atoms with van der Waals surface area (Å²) in [6, 6.07) is 13.4. The van der Waals surface area contributed by atoms with Crippen molar-refractivity contribution in [2.24, 2.45) is 5.92 Å². The number of hydrogen-bond acceptors (Lipinski definition) is 4. The quantitative estimate of drug-likeness (QED) is 0.579. The Morgan fingerprint density at radius 3 is 2.32 bits per heavy atom. The van der Waals surface area contributed by atoms with Gasteiger partial charge in [-0.3, -0.25) is 9.21 Å². The Balaban J connectivity index is 1.82. The van der Waals surface area contributed by atoms with Crippen LogP contribution in [0.2, 0.25) is 0 Å². The van der Waals surface area contributed by atoms with E-state index in [4.69, 9.17) is 4.74 Å². The Morgan fingerprint density at radius 1 is 1.06 bits per heavy atom. The molecule has 2 aromatic rings. The van der Waals surface area contributed by atoms with Crippen LogP contribution in [-0.2, 0) is 27.6 Å². The van der Waals surface area contributed by atoms with Crippen molar-refractivity contribution in [3.05, 3.63) is 59.2 Å². The summed E-state index contributed by atoms with van der Waals surface area (Å²) in [7, 11) is -3.64. The summed E-state index contributed by atoms with van der Waals surface area (Å²) in [5.41, 5.74) is 4.15. The van der Waals surface area contributed by atoms with Gasteiger partial charge in [-0.2, -0.15) is 0 Å². The van der Waals surface area contributed by atoms with Crippen molar-refractivity contribution >= 4 is 15.7 Å². The Kier molecular flexibility index (Phi) is 8.14. The van der Waals surface area contributed by atoms with Crippen LogP contribution in [0.1, 0.15) is 37.5 Å². The molecular formula is C25H36N2O3S. The van der Waals surface area contributed by atoms with Gasteiger partial charge in [-0.15, -0.1) is 0 Å². The topological polar surface area (TPSA) is 49.9 Å². The first-order chi connectivity index (χ1) is 14.8. The molecule has 5 nitrogen and oxygen atoms in total. The number of hydrogen-bond donors (Lipinski definition) is 0. The monoisotopic (exact) mass is 444 g/mol. The fraction of sp³-hybridized carbons (Fsp3) is 0.520. The number of nitrogens with zero attached hydrogens (tertiary/aromatic N) is 2. The van der Waals surface area contributed by atoms with E-state index in [0.717, 1.165) is 56.9 Å². The van der Waals surface area contributed by atoms with Gasteiger partial charge >= 0.3 is 0 Å². The van der Waals surface area contributed by atoms with E-state index in [1.165, 1.54) is 11.1 Å². The van der Waals surface area contributed by atoms with Crippen LogP contribution in [0.15, 0.2) is 47.4 Å². The second-order valence-electron chi connectivity index (χ2n) is 8.74. The molecule has 6 heteroatoms. The van der Waals surface area contributed by atoms with Crippen LogP contribution in [0.25, 0.3) is 0 Å². The normalized spacial score (nSPS) is 15.4. The maximum Gasteiger partial charge on any atom is 0.264 e. The van der Waals surface area contributed by atoms with Crippen LogP contribution in [-0.4, -0.2) is 52.7 Å². The van der Waals surface area contributed by atoms with E-state index >= 15 is 0 Å². The molecule has 1 aliphatic rings. The highest BCUT2D eigenvalue weighted by atomic mass is 32.2. The zero-order chi connectivity index (χ0) is 22.4. The molecule has 1 saturated heterocycles. The Labute approximate surface area is 188 Å². The Hall–Kier alpha value is -1.89. The van der Waals surface area contributed by atoms with Gasteiger partial charge in [-0.05, 0) is 66.6 Å². The predicted molar refractivity (Wildman–Crippen MR) is 127 cm³/mol. The minimum absolute atomic E-state index is 0.217. The van der Waals surface area contributed by atoms with Gasteiger partial charge in [0.05, 0.1) is 23.8 Å². The van der Waals surface area contributed by atoms with Crippen LogP contribution in [0, 0.1) is 12.8 Å². The van der Waals surface area contributed by atoms with E-state index in [-0.39, 0.29) is 5.92 Å². The molecule has 0 aromatic heterocycles. The van der Waals surface area contributed by atoms with Gasteiger partial charge < -0.3 is 4.74 Å². The first-order valence-electron chi connectivity index (χ1n) is 11.3. The zero-order valence-corrected chi connectivity index (χ0v) is 20.1. The van der Waals surface area contributed by atoms with Crippen LogP contribution in [0.4, 0.5) is 5.69 Å². The van der Waals surface area contributed by atoms with E-state index in [0.29, 0.717) is 11.4 Å². The van der Waals surface area contributed by atoms with Crippen LogP contribution >= 0.6 is 0 Å². The lowest BCUT2D eigenvalue weighted by atomic mass is 10.1. The summed E-state index contributed by atoms with van der Waals surface area (Å²) in [6.07, 6.45) is 1.85. The molecule has 0 bridgehead atoms. The van der Waals surface area contributed by atoms with Gasteiger partial charge in [0.25, 0.3) is 10.0 Å². The molecule has 0 unspecified atom stereocenters. The van der Waals surface area contributed by atoms with E-state index in [1.807, 2.05) is 57.2 Å². The second kappa shape index (κ2) is 10.6. The molecule has 0 spiro atoms. The number of sulfonamides is 1. The summed E-state index contributed by atoms with van der Waals surface area (Å²) in [5.74, 6) is 0.217. The summed E-state index contributed by atoms with van der Waals surface area (Å²) in [6.45, 7) is 13.1. The van der Waals surface area contributed by atoms with Crippen LogP contribution < -0.4 is 4.31 Å². The molecular weight excluding hydrogens is 408 g/mol. The van der Waals surface area contributed by atoms with Crippen molar-refractivity contribution in [3.8, 4) is 0 Å². The third-order valence-electron chi connectivity index (χ3n) is 5.87. The number of rotatable bonds is 9. The molecule has 0 radical (unpaired) electrons. The van der Waals surface area contributed by atoms with Gasteiger partial charge in [-0.25, -0.2) is 8.42 Å². The summed E-state index contributed by atoms with van der Waals surface area (Å²) in [5, 5.41) is 0. The molecule has 0 saturated carbocycles. The number of morpholine rings is 1. The summed E-state index contributed by atoms with van der Waals surface area (Å²) < 4.78 is 34.2. The lowest BCUT2D eigenvalue weighted by Crippen LogP contribution is -2.37. The molecule has 0 amide bonds. The smallest absolute Gasteiger partial charge is 0.264 e. The predicted octanol–water partition coefficient (Wildman–Crippen LogP) is 4.28. The molecule has 31 heavy (non-hydrogen) atoms. The first kappa shape index (κ1) is 23.8. The largest absolute Gasteiger partial charge is 0.379 e. The number of anilines is 1. The Bertz CT molecular complexity index is 949. The molecule has 2 aromatic carbocycles. The van der Waals surface area contributed by atoms with E-state index in [1.54, 1.807) is 10.4 Å². The van der Waals surface area contributed by atoms with Crippen molar-refractivity contribution in [1.29, 1.82) is 0 Å². The minimum atomic E-state index is -3.64. The highest BCUT2D eigenvalue weighted by Gasteiger charge is 2.26. The summed E-state index contributed by atoms with van der Waals surface area (Å²) >= 11 is 0. The zero-order valence-electron chi connectivity index (χ0n) is 19.3. The molecule has 1 fully saturated rings. The summed E-state index contributed by atoms with van der Waals surface area (Å²) in [4.78, 5) is 2.76. The van der Waals surface area contributed by atoms with Crippen molar-refractivity contribution in [3.63, 3.8) is 0 Å². The van der Waals surface area contributed by atoms with Gasteiger partial charge in [0.2, 0.25) is 0 Å². The fourth-order valence-electron chi connectivity index (χ4n) is 3.91. The van der Waals surface area contributed by atoms with Gasteiger partial charge in [0.1, 0.15) is 0 Å². The Morgan fingerprint density at radius 2 is 1.74 bits per heavy atom. The van der Waals surface area contributed by atoms with E-state index in [9.17, 15) is 8.42 Å². The highest BCUT2D eigenvalue weighted by molar-refractivity contribution is 7.92. The molecule has 3 rings (SSSR count). The van der Waals surface area contributed by atoms with E-state index in [2.05, 4.69) is 11.8 Å². The number of benzene rings is 2. The molecule has 1 aliphatic heterocycles. The third-order valence-corrected chi connectivity index (χ3v) is 7.66.